The minimum absolute atomic E-state index is 0.415. The summed E-state index contributed by atoms with van der Waals surface area (Å²) in [5.41, 5.74) is 3.73. The Morgan fingerprint density at radius 1 is 0.943 bits per heavy atom. The topological polar surface area (TPSA) is 80.8 Å². The minimum atomic E-state index is 0.415. The SMILES string of the molecule is COc1cc(C2CCN(C)CC2)ccc1Nc1ncc(C)c(Nc2cc(OC)c(Cl)c(OC)c2)n1. The lowest BCUT2D eigenvalue weighted by atomic mass is 9.89. The van der Waals surface area contributed by atoms with Crippen molar-refractivity contribution in [3.05, 3.63) is 52.7 Å². The summed E-state index contributed by atoms with van der Waals surface area (Å²) in [6, 6.07) is 9.92. The molecule has 4 rings (SSSR count). The Balaban J connectivity index is 1.55. The third-order valence-electron chi connectivity index (χ3n) is 6.34. The van der Waals surface area contributed by atoms with Crippen molar-refractivity contribution in [3.8, 4) is 17.2 Å². The molecular formula is C26H32ClN5O3. The van der Waals surface area contributed by atoms with E-state index in [9.17, 15) is 0 Å². The third-order valence-corrected chi connectivity index (χ3v) is 6.71. The fourth-order valence-corrected chi connectivity index (χ4v) is 4.50. The van der Waals surface area contributed by atoms with Crippen LogP contribution in [0.1, 0.15) is 29.9 Å². The standard InChI is InChI=1S/C26H32ClN5O3/c1-16-15-28-26(31-25(16)29-19-13-22(34-4)24(27)23(14-19)35-5)30-20-7-6-18(12-21(20)33-3)17-8-10-32(2)11-9-17/h6-7,12-15,17H,8-11H2,1-5H3,(H2,28,29,30,31). The first-order valence-electron chi connectivity index (χ1n) is 11.6. The maximum absolute atomic E-state index is 6.30. The van der Waals surface area contributed by atoms with Crippen LogP contribution in [-0.4, -0.2) is 56.3 Å². The Hall–Kier alpha value is -3.23. The van der Waals surface area contributed by atoms with Crippen LogP contribution in [0.4, 0.5) is 23.1 Å². The largest absolute Gasteiger partial charge is 0.495 e. The van der Waals surface area contributed by atoms with Crippen LogP contribution >= 0.6 is 11.6 Å². The number of hydrogen-bond donors (Lipinski definition) is 2. The summed E-state index contributed by atoms with van der Waals surface area (Å²) in [4.78, 5) is 11.5. The molecule has 9 heteroatoms. The normalized spacial score (nSPS) is 14.5. The number of nitrogens with one attached hydrogen (secondary N) is 2. The summed E-state index contributed by atoms with van der Waals surface area (Å²) in [5, 5.41) is 7.03. The molecule has 2 heterocycles. The van der Waals surface area contributed by atoms with Crippen molar-refractivity contribution >= 4 is 34.7 Å². The van der Waals surface area contributed by atoms with Gasteiger partial charge in [0.25, 0.3) is 0 Å². The van der Waals surface area contributed by atoms with E-state index in [0.717, 1.165) is 48.6 Å². The maximum atomic E-state index is 6.30. The molecule has 3 aromatic rings. The number of methoxy groups -OCH3 is 3. The zero-order valence-corrected chi connectivity index (χ0v) is 21.6. The number of halogens is 1. The zero-order chi connectivity index (χ0) is 24.9. The second-order valence-corrected chi connectivity index (χ2v) is 9.09. The second-order valence-electron chi connectivity index (χ2n) is 8.71. The van der Waals surface area contributed by atoms with Crippen molar-refractivity contribution < 1.29 is 14.2 Å². The van der Waals surface area contributed by atoms with E-state index >= 15 is 0 Å². The van der Waals surface area contributed by atoms with Gasteiger partial charge in [-0.1, -0.05) is 17.7 Å². The first-order valence-corrected chi connectivity index (χ1v) is 11.9. The maximum Gasteiger partial charge on any atom is 0.229 e. The lowest BCUT2D eigenvalue weighted by Gasteiger charge is -2.29. The quantitative estimate of drug-likeness (QED) is 0.406. The van der Waals surface area contributed by atoms with Gasteiger partial charge >= 0.3 is 0 Å². The highest BCUT2D eigenvalue weighted by atomic mass is 35.5. The number of aromatic nitrogens is 2. The molecule has 0 radical (unpaired) electrons. The van der Waals surface area contributed by atoms with E-state index in [0.29, 0.717) is 34.2 Å². The van der Waals surface area contributed by atoms with Gasteiger partial charge in [0, 0.05) is 29.6 Å². The van der Waals surface area contributed by atoms with Gasteiger partial charge < -0.3 is 29.7 Å². The monoisotopic (exact) mass is 497 g/mol. The minimum Gasteiger partial charge on any atom is -0.495 e. The summed E-state index contributed by atoms with van der Waals surface area (Å²) in [5.74, 6) is 3.44. The molecule has 0 bridgehead atoms. The summed E-state index contributed by atoms with van der Waals surface area (Å²) in [7, 11) is 6.99. The number of hydrogen-bond acceptors (Lipinski definition) is 8. The van der Waals surface area contributed by atoms with Crippen molar-refractivity contribution in [3.63, 3.8) is 0 Å². The first-order chi connectivity index (χ1) is 16.9. The zero-order valence-electron chi connectivity index (χ0n) is 20.8. The molecule has 0 amide bonds. The second kappa shape index (κ2) is 11.0. The van der Waals surface area contributed by atoms with Crippen LogP contribution in [0.2, 0.25) is 5.02 Å². The average Bonchev–Trinajstić information content (AvgIpc) is 2.87. The Morgan fingerprint density at radius 3 is 2.23 bits per heavy atom. The van der Waals surface area contributed by atoms with Crippen LogP contribution in [0.3, 0.4) is 0 Å². The summed E-state index contributed by atoms with van der Waals surface area (Å²) in [6.07, 6.45) is 4.08. The van der Waals surface area contributed by atoms with E-state index in [1.54, 1.807) is 39.7 Å². The first kappa shape index (κ1) is 24.9. The fraction of sp³-hybridized carbons (Fsp3) is 0.385. The van der Waals surface area contributed by atoms with Gasteiger partial charge in [0.1, 0.15) is 28.1 Å². The molecule has 1 fully saturated rings. The van der Waals surface area contributed by atoms with Gasteiger partial charge in [0.15, 0.2) is 0 Å². The van der Waals surface area contributed by atoms with E-state index < -0.39 is 0 Å². The molecule has 1 aliphatic rings. The van der Waals surface area contributed by atoms with Gasteiger partial charge in [-0.25, -0.2) is 4.98 Å². The Labute approximate surface area is 211 Å². The van der Waals surface area contributed by atoms with Crippen molar-refractivity contribution in [1.29, 1.82) is 0 Å². The number of likely N-dealkylation sites (tertiary alicyclic amines) is 1. The van der Waals surface area contributed by atoms with Crippen LogP contribution in [0.5, 0.6) is 17.2 Å². The van der Waals surface area contributed by atoms with Gasteiger partial charge in [-0.15, -0.1) is 0 Å². The molecule has 1 aliphatic heterocycles. The highest BCUT2D eigenvalue weighted by Gasteiger charge is 2.20. The highest BCUT2D eigenvalue weighted by molar-refractivity contribution is 6.33. The van der Waals surface area contributed by atoms with E-state index in [-0.39, 0.29) is 0 Å². The van der Waals surface area contributed by atoms with Gasteiger partial charge in [-0.05, 0) is 63.5 Å². The molecule has 0 unspecified atom stereocenters. The molecule has 0 spiro atoms. The van der Waals surface area contributed by atoms with Crippen LogP contribution in [0.15, 0.2) is 36.5 Å². The molecule has 1 aromatic heterocycles. The van der Waals surface area contributed by atoms with Gasteiger partial charge in [-0.3, -0.25) is 0 Å². The number of aryl methyl sites for hydroxylation is 1. The summed E-state index contributed by atoms with van der Waals surface area (Å²) < 4.78 is 16.4. The predicted octanol–water partition coefficient (Wildman–Crippen LogP) is 5.76. The molecule has 0 saturated carbocycles. The van der Waals surface area contributed by atoms with Gasteiger partial charge in [0.2, 0.25) is 5.95 Å². The number of benzene rings is 2. The number of anilines is 4. The van der Waals surface area contributed by atoms with Crippen LogP contribution < -0.4 is 24.8 Å². The molecule has 2 N–H and O–H groups in total. The van der Waals surface area contributed by atoms with Crippen molar-refractivity contribution in [1.82, 2.24) is 14.9 Å². The van der Waals surface area contributed by atoms with Crippen molar-refractivity contribution in [2.75, 3.05) is 52.1 Å². The Bertz CT molecular complexity index is 1160. The van der Waals surface area contributed by atoms with Gasteiger partial charge in [0.05, 0.1) is 27.0 Å². The number of rotatable bonds is 8. The Morgan fingerprint density at radius 2 is 1.60 bits per heavy atom. The summed E-state index contributed by atoms with van der Waals surface area (Å²) in [6.45, 7) is 4.17. The van der Waals surface area contributed by atoms with Crippen LogP contribution in [-0.2, 0) is 0 Å². The molecule has 1 saturated heterocycles. The van der Waals surface area contributed by atoms with E-state index in [1.807, 2.05) is 13.0 Å². The number of nitrogens with zero attached hydrogens (tertiary/aromatic N) is 3. The molecule has 8 nitrogen and oxygen atoms in total. The number of ether oxygens (including phenoxy) is 3. The highest BCUT2D eigenvalue weighted by Crippen LogP contribution is 2.38. The van der Waals surface area contributed by atoms with Gasteiger partial charge in [-0.2, -0.15) is 4.98 Å². The van der Waals surface area contributed by atoms with E-state index in [1.165, 1.54) is 5.56 Å². The lowest BCUT2D eigenvalue weighted by molar-refractivity contribution is 0.255. The van der Waals surface area contributed by atoms with Crippen LogP contribution in [0.25, 0.3) is 0 Å². The smallest absolute Gasteiger partial charge is 0.229 e. The molecule has 35 heavy (non-hydrogen) atoms. The molecule has 0 aliphatic carbocycles. The molecular weight excluding hydrogens is 466 g/mol. The fourth-order valence-electron chi connectivity index (χ4n) is 4.23. The lowest BCUT2D eigenvalue weighted by Crippen LogP contribution is -2.29. The molecule has 2 aromatic carbocycles. The van der Waals surface area contributed by atoms with Crippen LogP contribution in [0, 0.1) is 6.92 Å². The summed E-state index contributed by atoms with van der Waals surface area (Å²) >= 11 is 6.30. The Kier molecular flexibility index (Phi) is 7.83. The molecule has 186 valence electrons. The number of piperidine rings is 1. The van der Waals surface area contributed by atoms with Crippen molar-refractivity contribution in [2.45, 2.75) is 25.7 Å². The van der Waals surface area contributed by atoms with E-state index in [4.69, 9.17) is 25.8 Å². The van der Waals surface area contributed by atoms with E-state index in [2.05, 4.69) is 44.7 Å². The predicted molar refractivity (Wildman–Crippen MR) is 140 cm³/mol. The molecule has 0 atom stereocenters. The van der Waals surface area contributed by atoms with Crippen molar-refractivity contribution in [2.24, 2.45) is 0 Å². The average molecular weight is 498 g/mol. The third kappa shape index (κ3) is 5.71.